The van der Waals surface area contributed by atoms with Crippen LogP contribution in [-0.2, 0) is 38.3 Å². The number of carbonyl (C=O) groups excluding carboxylic acids is 6. The van der Waals surface area contributed by atoms with Crippen molar-refractivity contribution in [1.29, 1.82) is 0 Å². The van der Waals surface area contributed by atoms with Gasteiger partial charge in [0.2, 0.25) is 29.5 Å². The van der Waals surface area contributed by atoms with Crippen molar-refractivity contribution in [2.24, 2.45) is 5.92 Å². The topological polar surface area (TPSA) is 154 Å². The molecular weight excluding hydrogens is 731 g/mol. The molecule has 0 saturated carbocycles. The van der Waals surface area contributed by atoms with Gasteiger partial charge in [-0.25, -0.2) is 0 Å². The van der Waals surface area contributed by atoms with E-state index in [1.165, 1.54) is 35.7 Å². The van der Waals surface area contributed by atoms with Crippen LogP contribution < -0.4 is 16.0 Å². The lowest BCUT2D eigenvalue weighted by molar-refractivity contribution is -0.147. The van der Waals surface area contributed by atoms with Crippen molar-refractivity contribution < 1.29 is 33.5 Å². The third-order valence-corrected chi connectivity index (χ3v) is 11.2. The molecule has 1 fully saturated rings. The average Bonchev–Trinajstić information content (AvgIpc) is 3.17. The fraction of sp³-hybridized carbons (Fsp3) is 0.442. The number of carbonyl (C=O) groups is 6. The molecule has 0 bridgehead atoms. The molecule has 300 valence electrons. The molecule has 12 nitrogen and oxygen atoms in total. The maximum Gasteiger partial charge on any atom is 0.248 e. The van der Waals surface area contributed by atoms with E-state index in [1.807, 2.05) is 112 Å². The van der Waals surface area contributed by atoms with Crippen molar-refractivity contribution in [3.05, 3.63) is 108 Å². The Labute approximate surface area is 334 Å². The van der Waals surface area contributed by atoms with Gasteiger partial charge in [-0.3, -0.25) is 28.8 Å². The van der Waals surface area contributed by atoms with Crippen LogP contribution in [0.25, 0.3) is 0 Å². The smallest absolute Gasteiger partial charge is 0.248 e. The number of hydrogen-bond acceptors (Lipinski definition) is 8. The largest absolute Gasteiger partial charge is 0.370 e. The summed E-state index contributed by atoms with van der Waals surface area (Å²) in [5, 5.41) is 8.25. The number of nitrogens with zero attached hydrogens (tertiary/aromatic N) is 2. The molecule has 0 spiro atoms. The van der Waals surface area contributed by atoms with E-state index in [9.17, 15) is 28.8 Å². The van der Waals surface area contributed by atoms with Crippen LogP contribution in [0.4, 0.5) is 0 Å². The first-order valence-corrected chi connectivity index (χ1v) is 19.9. The number of nitrogens with one attached hydrogen (secondary N) is 3. The maximum atomic E-state index is 14.0. The summed E-state index contributed by atoms with van der Waals surface area (Å²) in [5.41, 5.74) is 2.19. The Balaban J connectivity index is 1.73. The molecule has 0 aromatic heterocycles. The molecule has 0 unspecified atom stereocenters. The summed E-state index contributed by atoms with van der Waals surface area (Å²) in [6, 6.07) is 27.3. The first-order chi connectivity index (χ1) is 26.5. The quantitative estimate of drug-likeness (QED) is 0.276. The van der Waals surface area contributed by atoms with E-state index in [-0.39, 0.29) is 31.0 Å². The number of amides is 5. The first-order valence-electron chi connectivity index (χ1n) is 18.9. The van der Waals surface area contributed by atoms with Crippen LogP contribution >= 0.6 is 11.8 Å². The Kier molecular flexibility index (Phi) is 15.4. The number of rotatable bonds is 9. The Morgan fingerprint density at radius 3 is 1.66 bits per heavy atom. The maximum absolute atomic E-state index is 14.0. The summed E-state index contributed by atoms with van der Waals surface area (Å²) < 4.78 is 5.25. The Hall–Kier alpha value is -5.01. The van der Waals surface area contributed by atoms with E-state index in [4.69, 9.17) is 4.74 Å². The van der Waals surface area contributed by atoms with Crippen LogP contribution in [0.3, 0.4) is 0 Å². The van der Waals surface area contributed by atoms with Gasteiger partial charge in [-0.05, 0) is 50.8 Å². The van der Waals surface area contributed by atoms with Crippen molar-refractivity contribution in [1.82, 2.24) is 25.8 Å². The lowest BCUT2D eigenvalue weighted by Gasteiger charge is -2.36. The molecule has 1 aliphatic heterocycles. The minimum absolute atomic E-state index is 0.0676. The third kappa shape index (κ3) is 11.5. The van der Waals surface area contributed by atoms with Crippen molar-refractivity contribution in [2.75, 3.05) is 39.5 Å². The minimum Gasteiger partial charge on any atom is -0.370 e. The summed E-state index contributed by atoms with van der Waals surface area (Å²) in [5.74, 6) is -3.87. The monoisotopic (exact) mass is 785 g/mol. The molecule has 13 heteroatoms. The number of Topliss-reactive ketones (excluding diaryl/α,β-unsaturated/α-hetero) is 1. The summed E-state index contributed by atoms with van der Waals surface area (Å²) in [7, 11) is 2.89. The van der Waals surface area contributed by atoms with Gasteiger partial charge in [-0.1, -0.05) is 97.9 Å². The SMILES string of the molecule is CC[C@@H]1CC(=O)CNC(=O)[C@H](CSC(c2ccccc2)(c2ccccc2)c2ccccc2)NC(=O)CN(C)C(=O)[C@H]([C@@H](C)OC(C)(C)C)NC(=O)CN(C)C1=O. The molecule has 3 aromatic rings. The summed E-state index contributed by atoms with van der Waals surface area (Å²) in [6.07, 6.45) is -0.654. The number of ether oxygens (including phenoxy) is 1. The Morgan fingerprint density at radius 1 is 0.732 bits per heavy atom. The molecule has 5 amide bonds. The molecule has 1 aliphatic rings. The predicted molar refractivity (Wildman–Crippen MR) is 218 cm³/mol. The summed E-state index contributed by atoms with van der Waals surface area (Å²) in [6.45, 7) is 7.69. The number of hydrogen-bond donors (Lipinski definition) is 3. The second-order valence-corrected chi connectivity index (χ2v) is 16.4. The Bertz CT molecular complexity index is 1720. The normalized spacial score (nSPS) is 20.7. The van der Waals surface area contributed by atoms with Gasteiger partial charge >= 0.3 is 0 Å². The zero-order chi connectivity index (χ0) is 41.0. The van der Waals surface area contributed by atoms with E-state index in [0.29, 0.717) is 6.42 Å². The number of ketones is 1. The van der Waals surface area contributed by atoms with E-state index in [0.717, 1.165) is 16.7 Å². The molecule has 56 heavy (non-hydrogen) atoms. The van der Waals surface area contributed by atoms with E-state index < -0.39 is 70.5 Å². The molecule has 4 atom stereocenters. The first kappa shape index (κ1) is 43.7. The van der Waals surface area contributed by atoms with Crippen LogP contribution in [0.5, 0.6) is 0 Å². The molecule has 0 aliphatic carbocycles. The third-order valence-electron chi connectivity index (χ3n) is 9.54. The van der Waals surface area contributed by atoms with Crippen molar-refractivity contribution in [3.63, 3.8) is 0 Å². The molecule has 1 heterocycles. The van der Waals surface area contributed by atoms with E-state index in [1.54, 1.807) is 13.8 Å². The summed E-state index contributed by atoms with van der Waals surface area (Å²) >= 11 is 1.46. The molecule has 0 radical (unpaired) electrons. The summed E-state index contributed by atoms with van der Waals surface area (Å²) in [4.78, 5) is 84.1. The molecule has 3 N–H and O–H groups in total. The number of likely N-dealkylation sites (N-methyl/N-ethyl adjacent to an activating group) is 2. The average molecular weight is 786 g/mol. The lowest BCUT2D eigenvalue weighted by Crippen LogP contribution is -2.58. The van der Waals surface area contributed by atoms with E-state index in [2.05, 4.69) is 16.0 Å². The number of benzene rings is 3. The van der Waals surface area contributed by atoms with Gasteiger partial charge in [0.05, 0.1) is 36.1 Å². The fourth-order valence-corrected chi connectivity index (χ4v) is 8.38. The molecule has 1 saturated heterocycles. The Morgan fingerprint density at radius 2 is 1.20 bits per heavy atom. The van der Waals surface area contributed by atoms with Crippen LogP contribution in [-0.4, -0.2) is 108 Å². The highest BCUT2D eigenvalue weighted by atomic mass is 32.2. The van der Waals surface area contributed by atoms with Crippen LogP contribution in [0.1, 0.15) is 64.2 Å². The molecule has 3 aromatic carbocycles. The highest BCUT2D eigenvalue weighted by Crippen LogP contribution is 2.48. The zero-order valence-corrected chi connectivity index (χ0v) is 34.2. The van der Waals surface area contributed by atoms with Crippen LogP contribution in [0, 0.1) is 5.92 Å². The van der Waals surface area contributed by atoms with Gasteiger partial charge in [0, 0.05) is 32.2 Å². The van der Waals surface area contributed by atoms with Crippen molar-refractivity contribution in [2.45, 2.75) is 76.0 Å². The van der Waals surface area contributed by atoms with Crippen LogP contribution in [0.15, 0.2) is 91.0 Å². The second kappa shape index (κ2) is 19.7. The van der Waals surface area contributed by atoms with Gasteiger partial charge in [0.1, 0.15) is 12.1 Å². The van der Waals surface area contributed by atoms with Crippen molar-refractivity contribution >= 4 is 47.1 Å². The van der Waals surface area contributed by atoms with Gasteiger partial charge in [-0.15, -0.1) is 11.8 Å². The van der Waals surface area contributed by atoms with Gasteiger partial charge in [0.15, 0.2) is 5.78 Å². The second-order valence-electron chi connectivity index (χ2n) is 15.1. The fourth-order valence-electron chi connectivity index (χ4n) is 6.82. The highest BCUT2D eigenvalue weighted by Gasteiger charge is 2.39. The van der Waals surface area contributed by atoms with Gasteiger partial charge in [-0.2, -0.15) is 0 Å². The predicted octanol–water partition coefficient (Wildman–Crippen LogP) is 3.92. The highest BCUT2D eigenvalue weighted by molar-refractivity contribution is 8.00. The van der Waals surface area contributed by atoms with Crippen molar-refractivity contribution in [3.8, 4) is 0 Å². The standard InChI is InChI=1S/C43H55N5O7S/c1-8-30-24-34(49)25-44-39(52)35(28-56-43(31-18-12-9-13-19-31,32-20-14-10-15-21-32)33-22-16-11-17-23-33)45-36(50)26-48(7)41(54)38(29(2)55-42(3,4)5)46-37(51)27-47(6)40(30)53/h9-23,29-30,35,38H,8,24-28H2,1-7H3,(H,44,52)(H,45,50)(H,46,51)/t29-,30-,35+,38+/m1/s1. The van der Waals surface area contributed by atoms with E-state index >= 15 is 0 Å². The molecular formula is C43H55N5O7S. The minimum atomic E-state index is -1.21. The van der Waals surface area contributed by atoms with Gasteiger partial charge in [0.25, 0.3) is 0 Å². The lowest BCUT2D eigenvalue weighted by atomic mass is 9.84. The van der Waals surface area contributed by atoms with Gasteiger partial charge < -0.3 is 30.5 Å². The zero-order valence-electron chi connectivity index (χ0n) is 33.4. The van der Waals surface area contributed by atoms with Crippen LogP contribution in [0.2, 0.25) is 0 Å². The number of thioether (sulfide) groups is 1. The molecule has 4 rings (SSSR count).